The van der Waals surface area contributed by atoms with Crippen LogP contribution in [0.1, 0.15) is 5.56 Å². The van der Waals surface area contributed by atoms with Crippen LogP contribution in [-0.4, -0.2) is 12.0 Å². The van der Waals surface area contributed by atoms with Gasteiger partial charge in [-0.2, -0.15) is 0 Å². The summed E-state index contributed by atoms with van der Waals surface area (Å²) in [5, 5.41) is 10.5. The molecule has 0 spiro atoms. The first kappa shape index (κ1) is 9.31. The molecule has 1 rings (SSSR count). The molecular formula is C8H10N2O3. The molecule has 0 amide bonds. The molecule has 0 saturated heterocycles. The van der Waals surface area contributed by atoms with Gasteiger partial charge in [-0.15, -0.1) is 0 Å². The minimum absolute atomic E-state index is 0.0123. The Labute approximate surface area is 75.3 Å². The van der Waals surface area contributed by atoms with Gasteiger partial charge in [-0.3, -0.25) is 10.1 Å². The molecule has 0 fully saturated rings. The second kappa shape index (κ2) is 3.30. The summed E-state index contributed by atoms with van der Waals surface area (Å²) < 4.78 is 4.91. The van der Waals surface area contributed by atoms with E-state index in [9.17, 15) is 10.1 Å². The van der Waals surface area contributed by atoms with Crippen molar-refractivity contribution < 1.29 is 9.66 Å². The molecule has 0 unspecified atom stereocenters. The first-order chi connectivity index (χ1) is 6.06. The van der Waals surface area contributed by atoms with Crippen molar-refractivity contribution in [2.24, 2.45) is 0 Å². The number of nitrogen functional groups attached to an aromatic ring is 1. The summed E-state index contributed by atoms with van der Waals surface area (Å²) in [4.78, 5) is 10.0. The monoisotopic (exact) mass is 182 g/mol. The van der Waals surface area contributed by atoms with Crippen LogP contribution in [0.2, 0.25) is 0 Å². The number of anilines is 1. The van der Waals surface area contributed by atoms with E-state index >= 15 is 0 Å². The van der Waals surface area contributed by atoms with Crippen LogP contribution < -0.4 is 10.5 Å². The molecular weight excluding hydrogens is 172 g/mol. The molecule has 0 radical (unpaired) electrons. The maximum Gasteiger partial charge on any atom is 0.274 e. The maximum atomic E-state index is 10.5. The molecule has 0 atom stereocenters. The number of nitrogens with zero attached hydrogens (tertiary/aromatic N) is 1. The van der Waals surface area contributed by atoms with Gasteiger partial charge in [-0.1, -0.05) is 0 Å². The molecule has 0 heterocycles. The molecule has 70 valence electrons. The molecule has 1 aromatic carbocycles. The third kappa shape index (κ3) is 1.69. The van der Waals surface area contributed by atoms with E-state index in [1.54, 1.807) is 13.0 Å². The highest BCUT2D eigenvalue weighted by molar-refractivity contribution is 5.61. The van der Waals surface area contributed by atoms with Crippen molar-refractivity contribution in [3.05, 3.63) is 27.8 Å². The van der Waals surface area contributed by atoms with E-state index in [-0.39, 0.29) is 11.4 Å². The van der Waals surface area contributed by atoms with E-state index in [1.807, 2.05) is 0 Å². The summed E-state index contributed by atoms with van der Waals surface area (Å²) in [5.41, 5.74) is 6.34. The van der Waals surface area contributed by atoms with Crippen molar-refractivity contribution in [3.8, 4) is 5.75 Å². The first-order valence-corrected chi connectivity index (χ1v) is 3.64. The molecule has 0 bridgehead atoms. The molecule has 1 aromatic rings. The highest BCUT2D eigenvalue weighted by Gasteiger charge is 2.13. The van der Waals surface area contributed by atoms with Crippen LogP contribution in [0.15, 0.2) is 12.1 Å². The van der Waals surface area contributed by atoms with Gasteiger partial charge in [0.1, 0.15) is 5.75 Å². The second-order valence-corrected chi connectivity index (χ2v) is 2.64. The largest absolute Gasteiger partial charge is 0.495 e. The molecule has 0 aromatic heterocycles. The summed E-state index contributed by atoms with van der Waals surface area (Å²) in [6.45, 7) is 1.64. The number of methoxy groups -OCH3 is 1. The Hall–Kier alpha value is -1.78. The number of rotatable bonds is 2. The minimum Gasteiger partial charge on any atom is -0.495 e. The van der Waals surface area contributed by atoms with Crippen LogP contribution in [0.4, 0.5) is 11.4 Å². The van der Waals surface area contributed by atoms with Crippen molar-refractivity contribution in [2.75, 3.05) is 12.8 Å². The van der Waals surface area contributed by atoms with Gasteiger partial charge in [0, 0.05) is 11.6 Å². The van der Waals surface area contributed by atoms with Crippen LogP contribution in [-0.2, 0) is 0 Å². The fourth-order valence-electron chi connectivity index (χ4n) is 1.06. The van der Waals surface area contributed by atoms with Crippen molar-refractivity contribution in [1.29, 1.82) is 0 Å². The van der Waals surface area contributed by atoms with Gasteiger partial charge in [0.15, 0.2) is 0 Å². The van der Waals surface area contributed by atoms with E-state index in [1.165, 1.54) is 13.2 Å². The number of nitro groups is 1. The summed E-state index contributed by atoms with van der Waals surface area (Å²) in [7, 11) is 1.47. The highest BCUT2D eigenvalue weighted by atomic mass is 16.6. The molecule has 0 saturated carbocycles. The van der Waals surface area contributed by atoms with Crippen molar-refractivity contribution in [3.63, 3.8) is 0 Å². The quantitative estimate of drug-likeness (QED) is 0.427. The predicted octanol–water partition coefficient (Wildman–Crippen LogP) is 1.49. The van der Waals surface area contributed by atoms with Crippen molar-refractivity contribution in [1.82, 2.24) is 0 Å². The lowest BCUT2D eigenvalue weighted by molar-refractivity contribution is -0.385. The Morgan fingerprint density at radius 2 is 2.15 bits per heavy atom. The molecule has 0 aliphatic carbocycles. The number of ether oxygens (including phenoxy) is 1. The molecule has 13 heavy (non-hydrogen) atoms. The van der Waals surface area contributed by atoms with E-state index in [4.69, 9.17) is 10.5 Å². The smallest absolute Gasteiger partial charge is 0.274 e. The zero-order valence-electron chi connectivity index (χ0n) is 7.40. The van der Waals surface area contributed by atoms with Crippen LogP contribution in [0.5, 0.6) is 5.75 Å². The Bertz CT molecular complexity index is 349. The Morgan fingerprint density at radius 1 is 1.54 bits per heavy atom. The Balaban J connectivity index is 3.28. The molecule has 2 N–H and O–H groups in total. The zero-order valence-corrected chi connectivity index (χ0v) is 7.40. The maximum absolute atomic E-state index is 10.5. The third-order valence-electron chi connectivity index (χ3n) is 1.74. The van der Waals surface area contributed by atoms with E-state index in [0.29, 0.717) is 11.3 Å². The van der Waals surface area contributed by atoms with E-state index in [0.717, 1.165) is 0 Å². The number of benzene rings is 1. The second-order valence-electron chi connectivity index (χ2n) is 2.64. The number of hydrogen-bond acceptors (Lipinski definition) is 4. The topological polar surface area (TPSA) is 78.4 Å². The van der Waals surface area contributed by atoms with Gasteiger partial charge in [0.2, 0.25) is 0 Å². The highest BCUT2D eigenvalue weighted by Crippen LogP contribution is 2.29. The standard InChI is InChI=1S/C8H10N2O3/c1-5-3-8(13-2)6(9)4-7(5)10(11)12/h3-4H,9H2,1-2H3. The lowest BCUT2D eigenvalue weighted by Crippen LogP contribution is -1.97. The lowest BCUT2D eigenvalue weighted by atomic mass is 10.1. The number of nitrogens with two attached hydrogens (primary N) is 1. The molecule has 5 heteroatoms. The molecule has 0 aliphatic rings. The lowest BCUT2D eigenvalue weighted by Gasteiger charge is -2.05. The van der Waals surface area contributed by atoms with Crippen LogP contribution in [0.3, 0.4) is 0 Å². The summed E-state index contributed by atoms with van der Waals surface area (Å²) in [5.74, 6) is 0.461. The molecule has 5 nitrogen and oxygen atoms in total. The fourth-order valence-corrected chi connectivity index (χ4v) is 1.06. The van der Waals surface area contributed by atoms with Gasteiger partial charge in [-0.25, -0.2) is 0 Å². The summed E-state index contributed by atoms with van der Waals surface area (Å²) in [6, 6.07) is 2.85. The minimum atomic E-state index is -0.467. The van der Waals surface area contributed by atoms with Gasteiger partial charge in [0.25, 0.3) is 5.69 Å². The normalized spacial score (nSPS) is 9.69. The summed E-state index contributed by atoms with van der Waals surface area (Å²) in [6.07, 6.45) is 0. The van der Waals surface area contributed by atoms with Gasteiger partial charge < -0.3 is 10.5 Å². The van der Waals surface area contributed by atoms with Crippen LogP contribution in [0, 0.1) is 17.0 Å². The van der Waals surface area contributed by atoms with Gasteiger partial charge in [0.05, 0.1) is 17.7 Å². The van der Waals surface area contributed by atoms with Gasteiger partial charge >= 0.3 is 0 Å². The first-order valence-electron chi connectivity index (χ1n) is 3.64. The number of nitro benzene ring substituents is 1. The number of aryl methyl sites for hydroxylation is 1. The number of hydrogen-bond donors (Lipinski definition) is 1. The average molecular weight is 182 g/mol. The Morgan fingerprint density at radius 3 is 2.62 bits per heavy atom. The van der Waals surface area contributed by atoms with Crippen molar-refractivity contribution in [2.45, 2.75) is 6.92 Å². The van der Waals surface area contributed by atoms with E-state index < -0.39 is 4.92 Å². The summed E-state index contributed by atoms with van der Waals surface area (Å²) >= 11 is 0. The van der Waals surface area contributed by atoms with Crippen molar-refractivity contribution >= 4 is 11.4 Å². The molecule has 0 aliphatic heterocycles. The Kier molecular flexibility index (Phi) is 2.36. The van der Waals surface area contributed by atoms with Crippen LogP contribution >= 0.6 is 0 Å². The SMILES string of the molecule is COc1cc(C)c([N+](=O)[O-])cc1N. The zero-order chi connectivity index (χ0) is 10.0. The third-order valence-corrected chi connectivity index (χ3v) is 1.74. The predicted molar refractivity (Wildman–Crippen MR) is 48.8 cm³/mol. The van der Waals surface area contributed by atoms with Gasteiger partial charge in [-0.05, 0) is 13.0 Å². The van der Waals surface area contributed by atoms with Crippen LogP contribution in [0.25, 0.3) is 0 Å². The van der Waals surface area contributed by atoms with E-state index in [2.05, 4.69) is 0 Å². The average Bonchev–Trinajstić information content (AvgIpc) is 2.07. The fraction of sp³-hybridized carbons (Fsp3) is 0.250.